The van der Waals surface area contributed by atoms with Crippen LogP contribution in [0, 0.1) is 0 Å². The Kier molecular flexibility index (Phi) is 7.14. The van der Waals surface area contributed by atoms with Gasteiger partial charge in [0.05, 0.1) is 5.02 Å². The molecule has 0 saturated carbocycles. The number of ether oxygens (including phenoxy) is 3. The SMILES string of the molecule is C[C@H](CCc1ccccc1)NC(=O)COC(=O)/C=C/c1cc(Cl)c2c(c1)OCO2. The third kappa shape index (κ3) is 6.26. The van der Waals surface area contributed by atoms with Gasteiger partial charge in [-0.25, -0.2) is 4.79 Å². The van der Waals surface area contributed by atoms with Crippen LogP contribution in [0.4, 0.5) is 0 Å². The topological polar surface area (TPSA) is 73.9 Å². The second kappa shape index (κ2) is 9.98. The Bertz CT molecular complexity index is 898. The molecule has 0 unspecified atom stereocenters. The third-order valence-electron chi connectivity index (χ3n) is 4.32. The molecule has 29 heavy (non-hydrogen) atoms. The fraction of sp³-hybridized carbons (Fsp3) is 0.273. The van der Waals surface area contributed by atoms with Crippen LogP contribution in [-0.4, -0.2) is 31.3 Å². The summed E-state index contributed by atoms with van der Waals surface area (Å²) in [7, 11) is 0. The minimum atomic E-state index is -0.620. The standard InChI is InChI=1S/C22H22ClNO5/c1-15(7-8-16-5-3-2-4-6-16)24-20(25)13-27-21(26)10-9-17-11-18(23)22-19(12-17)28-14-29-22/h2-6,9-12,15H,7-8,13-14H2,1H3,(H,24,25)/b10-9+/t15-/m1/s1. The number of fused-ring (bicyclic) bond motifs is 1. The van der Waals surface area contributed by atoms with E-state index in [0.29, 0.717) is 22.1 Å². The molecule has 0 aromatic heterocycles. The van der Waals surface area contributed by atoms with Crippen LogP contribution in [0.3, 0.4) is 0 Å². The number of nitrogens with one attached hydrogen (secondary N) is 1. The van der Waals surface area contributed by atoms with Crippen molar-refractivity contribution in [3.05, 3.63) is 64.7 Å². The highest BCUT2D eigenvalue weighted by atomic mass is 35.5. The first kappa shape index (κ1) is 20.7. The number of esters is 1. The molecule has 2 aromatic carbocycles. The van der Waals surface area contributed by atoms with Crippen LogP contribution in [0.25, 0.3) is 6.08 Å². The van der Waals surface area contributed by atoms with Gasteiger partial charge in [-0.2, -0.15) is 0 Å². The lowest BCUT2D eigenvalue weighted by Gasteiger charge is -2.13. The van der Waals surface area contributed by atoms with Gasteiger partial charge in [-0.3, -0.25) is 4.79 Å². The minimum Gasteiger partial charge on any atom is -0.454 e. The molecule has 2 aromatic rings. The van der Waals surface area contributed by atoms with Crippen molar-refractivity contribution < 1.29 is 23.8 Å². The molecule has 3 rings (SSSR count). The number of aryl methyl sites for hydroxylation is 1. The molecule has 1 aliphatic rings. The van der Waals surface area contributed by atoms with Crippen molar-refractivity contribution >= 4 is 29.6 Å². The molecule has 1 N–H and O–H groups in total. The van der Waals surface area contributed by atoms with Crippen molar-refractivity contribution in [3.63, 3.8) is 0 Å². The van der Waals surface area contributed by atoms with Crippen LogP contribution in [0.15, 0.2) is 48.5 Å². The Hall–Kier alpha value is -2.99. The van der Waals surface area contributed by atoms with E-state index in [-0.39, 0.29) is 25.3 Å². The zero-order valence-electron chi connectivity index (χ0n) is 16.0. The molecule has 1 atom stereocenters. The summed E-state index contributed by atoms with van der Waals surface area (Å²) in [5.74, 6) is 0.0585. The smallest absolute Gasteiger partial charge is 0.331 e. The second-order valence-electron chi connectivity index (χ2n) is 6.67. The average molecular weight is 416 g/mol. The summed E-state index contributed by atoms with van der Waals surface area (Å²) >= 11 is 6.10. The molecule has 7 heteroatoms. The van der Waals surface area contributed by atoms with Crippen molar-refractivity contribution in [2.45, 2.75) is 25.8 Å². The molecule has 0 aliphatic carbocycles. The summed E-state index contributed by atoms with van der Waals surface area (Å²) in [5, 5.41) is 3.23. The lowest BCUT2D eigenvalue weighted by Crippen LogP contribution is -2.36. The molecular weight excluding hydrogens is 394 g/mol. The van der Waals surface area contributed by atoms with Gasteiger partial charge in [0.15, 0.2) is 18.1 Å². The molecule has 0 fully saturated rings. The monoisotopic (exact) mass is 415 g/mol. The van der Waals surface area contributed by atoms with Crippen LogP contribution in [0.5, 0.6) is 11.5 Å². The Morgan fingerprint density at radius 2 is 2.03 bits per heavy atom. The molecule has 0 spiro atoms. The van der Waals surface area contributed by atoms with E-state index < -0.39 is 5.97 Å². The summed E-state index contributed by atoms with van der Waals surface area (Å²) < 4.78 is 15.5. The van der Waals surface area contributed by atoms with Gasteiger partial charge in [-0.15, -0.1) is 0 Å². The van der Waals surface area contributed by atoms with E-state index in [1.54, 1.807) is 12.1 Å². The van der Waals surface area contributed by atoms with Crippen LogP contribution < -0.4 is 14.8 Å². The van der Waals surface area contributed by atoms with E-state index >= 15 is 0 Å². The van der Waals surface area contributed by atoms with Gasteiger partial charge in [0.1, 0.15) is 0 Å². The van der Waals surface area contributed by atoms with Crippen molar-refractivity contribution in [3.8, 4) is 11.5 Å². The Balaban J connectivity index is 1.40. The highest BCUT2D eigenvalue weighted by molar-refractivity contribution is 6.32. The molecule has 6 nitrogen and oxygen atoms in total. The largest absolute Gasteiger partial charge is 0.454 e. The van der Waals surface area contributed by atoms with Gasteiger partial charge in [-0.05, 0) is 49.1 Å². The Morgan fingerprint density at radius 3 is 2.83 bits per heavy atom. The number of amides is 1. The molecule has 0 saturated heterocycles. The lowest BCUT2D eigenvalue weighted by molar-refractivity contribution is -0.144. The third-order valence-corrected chi connectivity index (χ3v) is 4.60. The number of halogens is 1. The normalized spacial score (nSPS) is 13.3. The summed E-state index contributed by atoms with van der Waals surface area (Å²) in [6, 6.07) is 13.4. The maximum Gasteiger partial charge on any atom is 0.331 e. The van der Waals surface area contributed by atoms with Crippen LogP contribution in [0.1, 0.15) is 24.5 Å². The first-order chi connectivity index (χ1) is 14.0. The predicted octanol–water partition coefficient (Wildman–Crippen LogP) is 3.76. The van der Waals surface area contributed by atoms with Crippen LogP contribution in [0.2, 0.25) is 5.02 Å². The molecular formula is C22H22ClNO5. The Labute approximate surface area is 174 Å². The first-order valence-electron chi connectivity index (χ1n) is 9.28. The van der Waals surface area contributed by atoms with Gasteiger partial charge >= 0.3 is 5.97 Å². The van der Waals surface area contributed by atoms with E-state index in [1.807, 2.05) is 25.1 Å². The van der Waals surface area contributed by atoms with Crippen LogP contribution in [-0.2, 0) is 20.7 Å². The summed E-state index contributed by atoms with van der Waals surface area (Å²) in [6.45, 7) is 1.70. The quantitative estimate of drug-likeness (QED) is 0.525. The van der Waals surface area contributed by atoms with Crippen molar-refractivity contribution in [1.82, 2.24) is 5.32 Å². The summed E-state index contributed by atoms with van der Waals surface area (Å²) in [4.78, 5) is 23.8. The van der Waals surface area contributed by atoms with Crippen molar-refractivity contribution in [2.75, 3.05) is 13.4 Å². The molecule has 0 radical (unpaired) electrons. The number of hydrogen-bond donors (Lipinski definition) is 1. The molecule has 1 aliphatic heterocycles. The van der Waals surface area contributed by atoms with Crippen LogP contribution >= 0.6 is 11.6 Å². The molecule has 0 bridgehead atoms. The number of carbonyl (C=O) groups excluding carboxylic acids is 2. The predicted molar refractivity (Wildman–Crippen MR) is 110 cm³/mol. The maximum absolute atomic E-state index is 12.0. The fourth-order valence-electron chi connectivity index (χ4n) is 2.85. The maximum atomic E-state index is 12.0. The summed E-state index contributed by atoms with van der Waals surface area (Å²) in [6.07, 6.45) is 4.44. The summed E-state index contributed by atoms with van der Waals surface area (Å²) in [5.41, 5.74) is 1.88. The first-order valence-corrected chi connectivity index (χ1v) is 9.66. The number of benzene rings is 2. The number of carbonyl (C=O) groups is 2. The van der Waals surface area contributed by atoms with Crippen molar-refractivity contribution in [1.29, 1.82) is 0 Å². The van der Waals surface area contributed by atoms with Crippen molar-refractivity contribution in [2.24, 2.45) is 0 Å². The molecule has 1 heterocycles. The average Bonchev–Trinajstić information content (AvgIpc) is 3.19. The minimum absolute atomic E-state index is 0.0206. The Morgan fingerprint density at radius 1 is 1.24 bits per heavy atom. The highest BCUT2D eigenvalue weighted by Gasteiger charge is 2.17. The molecule has 1 amide bonds. The van der Waals surface area contributed by atoms with E-state index in [4.69, 9.17) is 25.8 Å². The van der Waals surface area contributed by atoms with E-state index in [0.717, 1.165) is 12.8 Å². The highest BCUT2D eigenvalue weighted by Crippen LogP contribution is 2.40. The van der Waals surface area contributed by atoms with Gasteiger partial charge in [-0.1, -0.05) is 41.9 Å². The number of hydrogen-bond acceptors (Lipinski definition) is 5. The van der Waals surface area contributed by atoms with E-state index in [1.165, 1.54) is 17.7 Å². The van der Waals surface area contributed by atoms with E-state index in [9.17, 15) is 9.59 Å². The van der Waals surface area contributed by atoms with Gasteiger partial charge in [0.2, 0.25) is 6.79 Å². The van der Waals surface area contributed by atoms with E-state index in [2.05, 4.69) is 17.4 Å². The molecule has 152 valence electrons. The zero-order valence-corrected chi connectivity index (χ0v) is 16.8. The van der Waals surface area contributed by atoms with Gasteiger partial charge in [0.25, 0.3) is 5.91 Å². The second-order valence-corrected chi connectivity index (χ2v) is 7.08. The zero-order chi connectivity index (χ0) is 20.6. The fourth-order valence-corrected chi connectivity index (χ4v) is 3.12. The lowest BCUT2D eigenvalue weighted by atomic mass is 10.1. The van der Waals surface area contributed by atoms with Gasteiger partial charge < -0.3 is 19.5 Å². The van der Waals surface area contributed by atoms with Gasteiger partial charge in [0, 0.05) is 12.1 Å². The number of rotatable bonds is 8.